The maximum absolute atomic E-state index is 14.0. The van der Waals surface area contributed by atoms with Gasteiger partial charge in [0.25, 0.3) is 0 Å². The molecule has 0 saturated heterocycles. The molecule has 0 bridgehead atoms. The van der Waals surface area contributed by atoms with Crippen LogP contribution in [0.3, 0.4) is 0 Å². The number of carbonyl (C=O) groups is 1. The van der Waals surface area contributed by atoms with Gasteiger partial charge < -0.3 is 4.74 Å². The Bertz CT molecular complexity index is 1080. The van der Waals surface area contributed by atoms with Gasteiger partial charge in [0.2, 0.25) is 0 Å². The highest BCUT2D eigenvalue weighted by Gasteiger charge is 2.24. The first-order valence-electron chi connectivity index (χ1n) is 14.4. The van der Waals surface area contributed by atoms with Gasteiger partial charge >= 0.3 is 5.97 Å². The number of unbranched alkanes of at least 4 members (excludes halogenated alkanes) is 7. The first-order valence-corrected chi connectivity index (χ1v) is 14.4. The van der Waals surface area contributed by atoms with Crippen LogP contribution in [0.2, 0.25) is 0 Å². The number of hydrogen-bond donors (Lipinski definition) is 0. The first kappa shape index (κ1) is 29.5. The Morgan fingerprint density at radius 2 is 1.34 bits per heavy atom. The summed E-state index contributed by atoms with van der Waals surface area (Å²) in [5, 5.41) is 0. The highest BCUT2D eigenvalue weighted by atomic mass is 19.1. The van der Waals surface area contributed by atoms with Gasteiger partial charge in [0, 0.05) is 23.5 Å². The fourth-order valence-electron chi connectivity index (χ4n) is 4.51. The van der Waals surface area contributed by atoms with Gasteiger partial charge in [-0.1, -0.05) is 89.5 Å². The molecule has 0 aliphatic carbocycles. The number of rotatable bonds is 16. The van der Waals surface area contributed by atoms with Gasteiger partial charge in [-0.25, -0.2) is 14.4 Å². The molecule has 0 unspecified atom stereocenters. The molecule has 0 N–H and O–H groups in total. The van der Waals surface area contributed by atoms with E-state index in [9.17, 15) is 9.18 Å². The standard InChI is InChI=1S/C33H43FN2O2/c1-4-6-7-8-9-10-11-12-14-26-15-17-27(18-16-26)29-23-35-32(36-24-29)28-19-21-30(22-20-28)38-33(37)25(3)31(34)13-5-2/h15-25,31H,4-14H2,1-3H3/t25-,31-/m1/s1. The smallest absolute Gasteiger partial charge is 0.317 e. The fraction of sp³-hybridized carbons (Fsp3) is 0.485. The van der Waals surface area contributed by atoms with Crippen molar-refractivity contribution in [3.8, 4) is 28.3 Å². The lowest BCUT2D eigenvalue weighted by Crippen LogP contribution is -2.26. The van der Waals surface area contributed by atoms with Gasteiger partial charge in [0.05, 0.1) is 5.92 Å². The summed E-state index contributed by atoms with van der Waals surface area (Å²) in [6.45, 7) is 5.72. The number of esters is 1. The predicted molar refractivity (Wildman–Crippen MR) is 154 cm³/mol. The molecule has 1 heterocycles. The Labute approximate surface area is 228 Å². The van der Waals surface area contributed by atoms with Gasteiger partial charge in [0.1, 0.15) is 11.9 Å². The van der Waals surface area contributed by atoms with E-state index in [-0.39, 0.29) is 0 Å². The predicted octanol–water partition coefficient (Wildman–Crippen LogP) is 9.17. The second-order valence-electron chi connectivity index (χ2n) is 10.3. The second kappa shape index (κ2) is 16.0. The molecular weight excluding hydrogens is 475 g/mol. The quantitative estimate of drug-likeness (QED) is 0.108. The summed E-state index contributed by atoms with van der Waals surface area (Å²) in [4.78, 5) is 21.3. The van der Waals surface area contributed by atoms with Crippen molar-refractivity contribution in [2.24, 2.45) is 5.92 Å². The number of ether oxygens (including phenoxy) is 1. The minimum atomic E-state index is -1.19. The van der Waals surface area contributed by atoms with Crippen LogP contribution in [0.4, 0.5) is 4.39 Å². The lowest BCUT2D eigenvalue weighted by atomic mass is 10.0. The van der Waals surface area contributed by atoms with Gasteiger partial charge in [-0.2, -0.15) is 0 Å². The molecule has 1 aromatic heterocycles. The third kappa shape index (κ3) is 9.34. The third-order valence-corrected chi connectivity index (χ3v) is 7.07. The van der Waals surface area contributed by atoms with Crippen LogP contribution in [0.25, 0.3) is 22.5 Å². The summed E-state index contributed by atoms with van der Waals surface area (Å²) in [5.41, 5.74) is 4.26. The van der Waals surface area contributed by atoms with E-state index in [2.05, 4.69) is 41.2 Å². The van der Waals surface area contributed by atoms with E-state index in [4.69, 9.17) is 4.74 Å². The lowest BCUT2D eigenvalue weighted by molar-refractivity contribution is -0.140. The minimum absolute atomic E-state index is 0.353. The molecule has 0 fully saturated rings. The lowest BCUT2D eigenvalue weighted by Gasteiger charge is -2.15. The number of carbonyl (C=O) groups excluding carboxylic acids is 1. The van der Waals surface area contributed by atoms with E-state index >= 15 is 0 Å². The molecular formula is C33H43FN2O2. The van der Waals surface area contributed by atoms with Crippen LogP contribution in [0, 0.1) is 5.92 Å². The van der Waals surface area contributed by atoms with Crippen LogP contribution in [0.15, 0.2) is 60.9 Å². The van der Waals surface area contributed by atoms with Gasteiger partial charge in [-0.3, -0.25) is 4.79 Å². The number of nitrogens with zero attached hydrogens (tertiary/aromatic N) is 2. The van der Waals surface area contributed by atoms with E-state index in [0.717, 1.165) is 23.1 Å². The Morgan fingerprint density at radius 1 is 0.763 bits per heavy atom. The molecule has 38 heavy (non-hydrogen) atoms. The second-order valence-corrected chi connectivity index (χ2v) is 10.3. The zero-order valence-electron chi connectivity index (χ0n) is 23.3. The molecule has 0 saturated carbocycles. The topological polar surface area (TPSA) is 52.1 Å². The zero-order chi connectivity index (χ0) is 27.2. The van der Waals surface area contributed by atoms with Crippen molar-refractivity contribution in [2.75, 3.05) is 0 Å². The first-order chi connectivity index (χ1) is 18.5. The average molecular weight is 519 g/mol. The van der Waals surface area contributed by atoms with Crippen molar-refractivity contribution in [3.63, 3.8) is 0 Å². The Balaban J connectivity index is 1.48. The molecule has 0 spiro atoms. The van der Waals surface area contributed by atoms with Crippen molar-refractivity contribution < 1.29 is 13.9 Å². The molecule has 0 amide bonds. The molecule has 4 nitrogen and oxygen atoms in total. The number of aryl methyl sites for hydroxylation is 1. The number of aromatic nitrogens is 2. The number of hydrogen-bond acceptors (Lipinski definition) is 4. The molecule has 5 heteroatoms. The maximum atomic E-state index is 14.0. The highest BCUT2D eigenvalue weighted by Crippen LogP contribution is 2.24. The molecule has 2 atom stereocenters. The van der Waals surface area contributed by atoms with E-state index in [1.807, 2.05) is 19.3 Å². The third-order valence-electron chi connectivity index (χ3n) is 7.07. The molecule has 2 aromatic carbocycles. The van der Waals surface area contributed by atoms with Crippen LogP contribution >= 0.6 is 0 Å². The summed E-state index contributed by atoms with van der Waals surface area (Å²) in [7, 11) is 0. The van der Waals surface area contributed by atoms with E-state index in [0.29, 0.717) is 24.4 Å². The Hall–Kier alpha value is -3.08. The van der Waals surface area contributed by atoms with Crippen LogP contribution in [-0.2, 0) is 11.2 Å². The summed E-state index contributed by atoms with van der Waals surface area (Å²) in [6, 6.07) is 15.7. The number of halogens is 1. The largest absolute Gasteiger partial charge is 0.426 e. The normalized spacial score (nSPS) is 12.7. The van der Waals surface area contributed by atoms with Crippen molar-refractivity contribution >= 4 is 5.97 Å². The van der Waals surface area contributed by atoms with Crippen LogP contribution < -0.4 is 4.74 Å². The Morgan fingerprint density at radius 3 is 1.95 bits per heavy atom. The van der Waals surface area contributed by atoms with Crippen molar-refractivity contribution in [2.45, 2.75) is 97.6 Å². The molecule has 3 rings (SSSR count). The van der Waals surface area contributed by atoms with Gasteiger partial charge in [-0.05, 0) is 61.6 Å². The van der Waals surface area contributed by atoms with Crippen molar-refractivity contribution in [3.05, 3.63) is 66.5 Å². The summed E-state index contributed by atoms with van der Waals surface area (Å²) < 4.78 is 19.4. The van der Waals surface area contributed by atoms with Crippen molar-refractivity contribution in [1.82, 2.24) is 9.97 Å². The highest BCUT2D eigenvalue weighted by molar-refractivity contribution is 5.75. The van der Waals surface area contributed by atoms with E-state index in [1.165, 1.54) is 56.9 Å². The van der Waals surface area contributed by atoms with E-state index < -0.39 is 18.1 Å². The monoisotopic (exact) mass is 518 g/mol. The summed E-state index contributed by atoms with van der Waals surface area (Å²) in [6.07, 6.45) is 15.4. The van der Waals surface area contributed by atoms with Crippen LogP contribution in [0.1, 0.15) is 90.5 Å². The van der Waals surface area contributed by atoms with Crippen LogP contribution in [-0.4, -0.2) is 22.1 Å². The maximum Gasteiger partial charge on any atom is 0.317 e. The molecule has 0 aliphatic rings. The molecule has 3 aromatic rings. The fourth-order valence-corrected chi connectivity index (χ4v) is 4.51. The molecule has 0 radical (unpaired) electrons. The summed E-state index contributed by atoms with van der Waals surface area (Å²) >= 11 is 0. The average Bonchev–Trinajstić information content (AvgIpc) is 2.95. The van der Waals surface area contributed by atoms with Gasteiger partial charge in [-0.15, -0.1) is 0 Å². The zero-order valence-corrected chi connectivity index (χ0v) is 23.3. The minimum Gasteiger partial charge on any atom is -0.426 e. The molecule has 204 valence electrons. The van der Waals surface area contributed by atoms with Crippen LogP contribution in [0.5, 0.6) is 5.75 Å². The number of alkyl halides is 1. The van der Waals surface area contributed by atoms with Crippen molar-refractivity contribution in [1.29, 1.82) is 0 Å². The Kier molecular flexibility index (Phi) is 12.4. The van der Waals surface area contributed by atoms with Gasteiger partial charge in [0.15, 0.2) is 5.82 Å². The SMILES string of the molecule is CCCCCCCCCCc1ccc(-c2cnc(-c3ccc(OC(=O)[C@H](C)[C@H](F)CCC)cc3)nc2)cc1. The summed E-state index contributed by atoms with van der Waals surface area (Å²) in [5.74, 6) is -0.358. The number of benzene rings is 2. The molecule has 0 aliphatic heterocycles. The van der Waals surface area contributed by atoms with E-state index in [1.54, 1.807) is 31.2 Å².